The number of likely N-dealkylation sites (N-methyl/N-ethyl adjacent to an activating group) is 1. The van der Waals surface area contributed by atoms with Crippen LogP contribution in [0.15, 0.2) is 29.3 Å². The van der Waals surface area contributed by atoms with Crippen LogP contribution >= 0.6 is 0 Å². The standard InChI is InChI=1S/C25H43N5O/c1-5-29-12-14-30(15-13-29)19-21(3)17-27-25(26-4)28-18-23-7-6-16-31-24(23)22-10-8-20(2)9-11-22/h8-11,21,23-24H,5-7,12-19H2,1-4H3,(H2,26,27,28). The van der Waals surface area contributed by atoms with Gasteiger partial charge in [-0.05, 0) is 37.8 Å². The summed E-state index contributed by atoms with van der Waals surface area (Å²) in [6.07, 6.45) is 2.48. The highest BCUT2D eigenvalue weighted by atomic mass is 16.5. The predicted octanol–water partition coefficient (Wildman–Crippen LogP) is 2.90. The first kappa shape index (κ1) is 24.0. The molecular weight excluding hydrogens is 386 g/mol. The van der Waals surface area contributed by atoms with Gasteiger partial charge in [0.25, 0.3) is 0 Å². The number of nitrogens with zero attached hydrogens (tertiary/aromatic N) is 3. The second kappa shape index (κ2) is 12.4. The third kappa shape index (κ3) is 7.48. The molecule has 3 rings (SSSR count). The largest absolute Gasteiger partial charge is 0.373 e. The molecule has 3 atom stereocenters. The van der Waals surface area contributed by atoms with Crippen LogP contribution in [0.2, 0.25) is 0 Å². The molecule has 0 amide bonds. The Hall–Kier alpha value is -1.63. The van der Waals surface area contributed by atoms with Crippen molar-refractivity contribution in [2.75, 3.05) is 66.0 Å². The van der Waals surface area contributed by atoms with Gasteiger partial charge < -0.3 is 25.2 Å². The zero-order valence-electron chi connectivity index (χ0n) is 20.1. The summed E-state index contributed by atoms with van der Waals surface area (Å²) in [6, 6.07) is 8.80. The van der Waals surface area contributed by atoms with Gasteiger partial charge in [0.05, 0.1) is 6.10 Å². The van der Waals surface area contributed by atoms with Crippen LogP contribution in [0.3, 0.4) is 0 Å². The van der Waals surface area contributed by atoms with E-state index in [1.54, 1.807) is 0 Å². The fourth-order valence-corrected chi connectivity index (χ4v) is 4.69. The first-order valence-electron chi connectivity index (χ1n) is 12.2. The van der Waals surface area contributed by atoms with E-state index < -0.39 is 0 Å². The molecule has 2 aliphatic heterocycles. The second-order valence-corrected chi connectivity index (χ2v) is 9.28. The van der Waals surface area contributed by atoms with Crippen LogP contribution < -0.4 is 10.6 Å². The van der Waals surface area contributed by atoms with Crippen LogP contribution in [0, 0.1) is 18.8 Å². The average molecular weight is 430 g/mol. The Morgan fingerprint density at radius 2 is 1.84 bits per heavy atom. The molecule has 174 valence electrons. The Bertz CT molecular complexity index is 669. The fraction of sp³-hybridized carbons (Fsp3) is 0.720. The van der Waals surface area contributed by atoms with Crippen LogP contribution in [-0.4, -0.2) is 81.8 Å². The summed E-state index contributed by atoms with van der Waals surface area (Å²) in [4.78, 5) is 9.58. The number of guanidine groups is 1. The molecule has 0 saturated carbocycles. The van der Waals surface area contributed by atoms with Crippen LogP contribution in [0.25, 0.3) is 0 Å². The van der Waals surface area contributed by atoms with Crippen molar-refractivity contribution in [3.63, 3.8) is 0 Å². The fourth-order valence-electron chi connectivity index (χ4n) is 4.69. The van der Waals surface area contributed by atoms with Crippen molar-refractivity contribution in [1.29, 1.82) is 0 Å². The molecular formula is C25H43N5O. The predicted molar refractivity (Wildman–Crippen MR) is 130 cm³/mol. The van der Waals surface area contributed by atoms with Crippen LogP contribution in [0.4, 0.5) is 0 Å². The van der Waals surface area contributed by atoms with Gasteiger partial charge in [-0.2, -0.15) is 0 Å². The molecule has 3 unspecified atom stereocenters. The number of hydrogen-bond donors (Lipinski definition) is 2. The molecule has 0 aliphatic carbocycles. The van der Waals surface area contributed by atoms with E-state index in [4.69, 9.17) is 4.74 Å². The zero-order valence-corrected chi connectivity index (χ0v) is 20.1. The number of rotatable bonds is 8. The summed E-state index contributed by atoms with van der Waals surface area (Å²) >= 11 is 0. The number of ether oxygens (including phenoxy) is 1. The van der Waals surface area contributed by atoms with Gasteiger partial charge in [-0.3, -0.25) is 4.99 Å². The van der Waals surface area contributed by atoms with E-state index in [9.17, 15) is 0 Å². The molecule has 31 heavy (non-hydrogen) atoms. The summed E-state index contributed by atoms with van der Waals surface area (Å²) in [6.45, 7) is 16.5. The third-order valence-corrected chi connectivity index (χ3v) is 6.71. The van der Waals surface area contributed by atoms with Crippen LogP contribution in [0.5, 0.6) is 0 Å². The van der Waals surface area contributed by atoms with Gasteiger partial charge in [0, 0.05) is 65.4 Å². The maximum Gasteiger partial charge on any atom is 0.190 e. The lowest BCUT2D eigenvalue weighted by Gasteiger charge is -2.35. The minimum Gasteiger partial charge on any atom is -0.373 e. The van der Waals surface area contributed by atoms with Crippen molar-refractivity contribution in [2.45, 2.75) is 39.7 Å². The summed E-state index contributed by atoms with van der Waals surface area (Å²) in [5, 5.41) is 7.10. The van der Waals surface area contributed by atoms with Crippen molar-refractivity contribution >= 4 is 5.96 Å². The summed E-state index contributed by atoms with van der Waals surface area (Å²) < 4.78 is 6.17. The number of benzene rings is 1. The van der Waals surface area contributed by atoms with E-state index in [0.717, 1.165) is 38.6 Å². The molecule has 1 aromatic rings. The Morgan fingerprint density at radius 3 is 2.52 bits per heavy atom. The van der Waals surface area contributed by atoms with E-state index in [2.05, 4.69) is 70.5 Å². The van der Waals surface area contributed by atoms with Gasteiger partial charge >= 0.3 is 0 Å². The topological polar surface area (TPSA) is 52.1 Å². The highest BCUT2D eigenvalue weighted by molar-refractivity contribution is 5.79. The van der Waals surface area contributed by atoms with Crippen molar-refractivity contribution in [1.82, 2.24) is 20.4 Å². The number of aliphatic imine (C=N–C) groups is 1. The van der Waals surface area contributed by atoms with E-state index in [1.807, 2.05) is 7.05 Å². The van der Waals surface area contributed by atoms with Gasteiger partial charge in [-0.1, -0.05) is 43.7 Å². The van der Waals surface area contributed by atoms with Gasteiger partial charge in [0.2, 0.25) is 0 Å². The number of piperazine rings is 1. The van der Waals surface area contributed by atoms with E-state index >= 15 is 0 Å². The summed E-state index contributed by atoms with van der Waals surface area (Å²) in [5.74, 6) is 1.95. The Kier molecular flexibility index (Phi) is 9.62. The molecule has 6 nitrogen and oxygen atoms in total. The molecule has 1 aromatic carbocycles. The highest BCUT2D eigenvalue weighted by Gasteiger charge is 2.27. The molecule has 6 heteroatoms. The molecule has 0 aromatic heterocycles. The Labute approximate surface area is 189 Å². The van der Waals surface area contributed by atoms with Crippen LogP contribution in [-0.2, 0) is 4.74 Å². The van der Waals surface area contributed by atoms with Crippen molar-refractivity contribution in [3.05, 3.63) is 35.4 Å². The summed E-state index contributed by atoms with van der Waals surface area (Å²) in [5.41, 5.74) is 2.58. The van der Waals surface area contributed by atoms with Crippen molar-refractivity contribution in [3.8, 4) is 0 Å². The Balaban J connectivity index is 1.42. The van der Waals surface area contributed by atoms with Crippen LogP contribution in [0.1, 0.15) is 43.9 Å². The summed E-state index contributed by atoms with van der Waals surface area (Å²) in [7, 11) is 1.86. The smallest absolute Gasteiger partial charge is 0.190 e. The molecule has 0 bridgehead atoms. The van der Waals surface area contributed by atoms with Gasteiger partial charge in [-0.15, -0.1) is 0 Å². The lowest BCUT2D eigenvalue weighted by molar-refractivity contribution is -0.0265. The highest BCUT2D eigenvalue weighted by Crippen LogP contribution is 2.33. The maximum atomic E-state index is 6.17. The van der Waals surface area contributed by atoms with Gasteiger partial charge in [0.15, 0.2) is 5.96 Å². The molecule has 2 saturated heterocycles. The minimum atomic E-state index is 0.167. The maximum absolute atomic E-state index is 6.17. The average Bonchev–Trinajstić information content (AvgIpc) is 2.80. The minimum absolute atomic E-state index is 0.167. The van der Waals surface area contributed by atoms with E-state index in [0.29, 0.717) is 11.8 Å². The lowest BCUT2D eigenvalue weighted by atomic mass is 9.89. The quantitative estimate of drug-likeness (QED) is 0.492. The van der Waals surface area contributed by atoms with E-state index in [-0.39, 0.29) is 6.10 Å². The SMILES string of the molecule is CCN1CCN(CC(C)CNC(=NC)NCC2CCCOC2c2ccc(C)cc2)CC1. The first-order chi connectivity index (χ1) is 15.1. The zero-order chi connectivity index (χ0) is 22.1. The lowest BCUT2D eigenvalue weighted by Crippen LogP contribution is -2.49. The Morgan fingerprint density at radius 1 is 1.13 bits per heavy atom. The monoisotopic (exact) mass is 429 g/mol. The first-order valence-corrected chi connectivity index (χ1v) is 12.2. The molecule has 2 fully saturated rings. The van der Waals surface area contributed by atoms with Gasteiger partial charge in [-0.25, -0.2) is 0 Å². The molecule has 2 aliphatic rings. The molecule has 0 spiro atoms. The molecule has 2 N–H and O–H groups in total. The van der Waals surface area contributed by atoms with E-state index in [1.165, 1.54) is 50.3 Å². The van der Waals surface area contributed by atoms with Gasteiger partial charge in [0.1, 0.15) is 0 Å². The number of nitrogens with one attached hydrogen (secondary N) is 2. The molecule has 2 heterocycles. The third-order valence-electron chi connectivity index (χ3n) is 6.71. The second-order valence-electron chi connectivity index (χ2n) is 9.28. The number of hydrogen-bond acceptors (Lipinski definition) is 4. The normalized spacial score (nSPS) is 24.7. The van der Waals surface area contributed by atoms with Crippen molar-refractivity contribution in [2.24, 2.45) is 16.8 Å². The molecule has 0 radical (unpaired) electrons. The number of aryl methyl sites for hydroxylation is 1. The van der Waals surface area contributed by atoms with Crippen molar-refractivity contribution < 1.29 is 4.74 Å².